The first kappa shape index (κ1) is 32.3. The van der Waals surface area contributed by atoms with Gasteiger partial charge in [0.05, 0.1) is 33.1 Å². The highest BCUT2D eigenvalue weighted by atomic mass is 32.1. The van der Waals surface area contributed by atoms with Crippen molar-refractivity contribution in [3.05, 3.63) is 198 Å². The van der Waals surface area contributed by atoms with Gasteiger partial charge < -0.3 is 9.13 Å². The average Bonchev–Trinajstić information content (AvgIpc) is 4.04. The van der Waals surface area contributed by atoms with Gasteiger partial charge in [-0.05, 0) is 83.2 Å². The van der Waals surface area contributed by atoms with E-state index in [1.165, 1.54) is 63.8 Å². The molecule has 0 aliphatic carbocycles. The van der Waals surface area contributed by atoms with Gasteiger partial charge in [0, 0.05) is 74.6 Å². The molecule has 0 aliphatic rings. The van der Waals surface area contributed by atoms with E-state index in [9.17, 15) is 4.79 Å². The minimum atomic E-state index is 0.0343. The minimum Gasteiger partial charge on any atom is -0.307 e. The molecule has 0 spiro atoms. The van der Waals surface area contributed by atoms with Crippen LogP contribution in [-0.2, 0) is 0 Å². The molecule has 5 aromatic heterocycles. The van der Waals surface area contributed by atoms with Crippen molar-refractivity contribution in [1.82, 2.24) is 13.5 Å². The predicted molar refractivity (Wildman–Crippen MR) is 254 cm³/mol. The highest BCUT2D eigenvalue weighted by molar-refractivity contribution is 7.25. The van der Waals surface area contributed by atoms with Gasteiger partial charge in [-0.15, -0.1) is 11.3 Å². The van der Waals surface area contributed by atoms with E-state index in [2.05, 4.69) is 173 Å². The van der Waals surface area contributed by atoms with Gasteiger partial charge in [-0.25, -0.2) is 0 Å². The van der Waals surface area contributed by atoms with Crippen molar-refractivity contribution in [1.29, 1.82) is 0 Å². The summed E-state index contributed by atoms with van der Waals surface area (Å²) >= 11 is 1.85. The highest BCUT2D eigenvalue weighted by Crippen LogP contribution is 2.44. The lowest BCUT2D eigenvalue weighted by molar-refractivity contribution is 1.15. The first-order chi connectivity index (χ1) is 29.7. The molecule has 5 heterocycles. The Morgan fingerprint density at radius 3 is 1.50 bits per heavy atom. The standard InChI is InChI=1S/C55H31N3OS/c59-55-44-18-5-4-14-36(44)45-28-33(29-46-39-17-8-11-21-49(39)58(55)52(45)46)32-22-24-40-41-25-23-35(31-51(41)60-50(40)30-32)57-48-20-10-7-16-38(48)43-27-26-42-37-15-6-9-19-47(37)56(53(42)54(43)57)34-12-2-1-3-13-34/h1-31H. The van der Waals surface area contributed by atoms with Crippen LogP contribution in [0.15, 0.2) is 193 Å². The van der Waals surface area contributed by atoms with Gasteiger partial charge in [-0.3, -0.25) is 9.20 Å². The van der Waals surface area contributed by atoms with E-state index in [1.807, 2.05) is 40.0 Å². The maximum absolute atomic E-state index is 13.9. The molecule has 14 aromatic rings. The van der Waals surface area contributed by atoms with Crippen LogP contribution in [0.1, 0.15) is 0 Å². The minimum absolute atomic E-state index is 0.0343. The Balaban J connectivity index is 1.00. The van der Waals surface area contributed by atoms with Crippen molar-refractivity contribution < 1.29 is 0 Å². The number of nitrogens with zero attached hydrogens (tertiary/aromatic N) is 3. The summed E-state index contributed by atoms with van der Waals surface area (Å²) in [6.07, 6.45) is 0. The first-order valence-corrected chi connectivity index (χ1v) is 21.2. The number of pyridine rings is 1. The molecule has 278 valence electrons. The normalized spacial score (nSPS) is 12.4. The van der Waals surface area contributed by atoms with Crippen molar-refractivity contribution in [3.63, 3.8) is 0 Å². The molecule has 0 saturated carbocycles. The van der Waals surface area contributed by atoms with Gasteiger partial charge in [0.15, 0.2) is 0 Å². The summed E-state index contributed by atoms with van der Waals surface area (Å²) < 4.78 is 9.35. The first-order valence-electron chi connectivity index (χ1n) is 20.4. The zero-order valence-corrected chi connectivity index (χ0v) is 32.9. The van der Waals surface area contributed by atoms with Crippen LogP contribution < -0.4 is 5.56 Å². The van der Waals surface area contributed by atoms with E-state index >= 15 is 0 Å². The molecule has 0 radical (unpaired) electrons. The number of rotatable bonds is 3. The summed E-state index contributed by atoms with van der Waals surface area (Å²) in [5, 5.41) is 12.5. The lowest BCUT2D eigenvalue weighted by atomic mass is 9.97. The highest BCUT2D eigenvalue weighted by Gasteiger charge is 2.22. The number of hydrogen-bond acceptors (Lipinski definition) is 2. The number of para-hydroxylation sites is 4. The topological polar surface area (TPSA) is 31.3 Å². The molecule has 5 heteroatoms. The smallest absolute Gasteiger partial charge is 0.263 e. The van der Waals surface area contributed by atoms with Crippen molar-refractivity contribution in [2.75, 3.05) is 0 Å². The van der Waals surface area contributed by atoms with Crippen molar-refractivity contribution in [2.24, 2.45) is 0 Å². The fourth-order valence-corrected chi connectivity index (χ4v) is 11.6. The molecular formula is C55H31N3OS. The molecule has 60 heavy (non-hydrogen) atoms. The van der Waals surface area contributed by atoms with E-state index in [4.69, 9.17) is 0 Å². The Hall–Kier alpha value is -7.73. The van der Waals surface area contributed by atoms with Gasteiger partial charge in [-0.1, -0.05) is 121 Å². The molecule has 0 atom stereocenters. The largest absolute Gasteiger partial charge is 0.307 e. The second-order valence-corrected chi connectivity index (χ2v) is 17.1. The molecule has 9 aromatic carbocycles. The van der Waals surface area contributed by atoms with E-state index < -0.39 is 0 Å². The van der Waals surface area contributed by atoms with Crippen LogP contribution in [-0.4, -0.2) is 13.5 Å². The Labute approximate surface area is 345 Å². The van der Waals surface area contributed by atoms with Gasteiger partial charge >= 0.3 is 0 Å². The number of benzene rings is 9. The van der Waals surface area contributed by atoms with Crippen molar-refractivity contribution in [2.45, 2.75) is 0 Å². The van der Waals surface area contributed by atoms with Crippen LogP contribution in [0.25, 0.3) is 124 Å². The molecule has 0 fully saturated rings. The van der Waals surface area contributed by atoms with Crippen molar-refractivity contribution >= 4 is 113 Å². The maximum Gasteiger partial charge on any atom is 0.263 e. The molecule has 0 N–H and O–H groups in total. The van der Waals surface area contributed by atoms with Gasteiger partial charge in [0.2, 0.25) is 0 Å². The van der Waals surface area contributed by atoms with Crippen molar-refractivity contribution in [3.8, 4) is 22.5 Å². The third-order valence-electron chi connectivity index (χ3n) is 13.0. The second kappa shape index (κ2) is 11.7. The van der Waals surface area contributed by atoms with Crippen LogP contribution in [0.3, 0.4) is 0 Å². The summed E-state index contributed by atoms with van der Waals surface area (Å²) in [5.41, 5.74) is 11.4. The second-order valence-electron chi connectivity index (χ2n) is 16.0. The average molecular weight is 782 g/mol. The van der Waals surface area contributed by atoms with Crippen LogP contribution in [0.2, 0.25) is 0 Å². The number of thiophene rings is 1. The fraction of sp³-hybridized carbons (Fsp3) is 0. The van der Waals surface area contributed by atoms with E-state index in [0.717, 1.165) is 60.5 Å². The SMILES string of the molecule is O=c1c2ccccc2c2cc(-c3ccc4c(c3)sc3cc(-n5c6ccccc6c6ccc7c8ccccc8n(-c8ccccc8)c7c65)ccc34)cc3c4ccccc4n1c23. The molecule has 14 rings (SSSR count). The summed E-state index contributed by atoms with van der Waals surface area (Å²) in [6.45, 7) is 0. The quantitative estimate of drug-likeness (QED) is 0.164. The van der Waals surface area contributed by atoms with Crippen LogP contribution in [0.5, 0.6) is 0 Å². The predicted octanol–water partition coefficient (Wildman–Crippen LogP) is 14.4. The Bertz CT molecular complexity index is 4200. The summed E-state index contributed by atoms with van der Waals surface area (Å²) in [5.74, 6) is 0. The summed E-state index contributed by atoms with van der Waals surface area (Å²) in [6, 6.07) is 67.8. The fourth-order valence-electron chi connectivity index (χ4n) is 10.4. The summed E-state index contributed by atoms with van der Waals surface area (Å²) in [7, 11) is 0. The van der Waals surface area contributed by atoms with E-state index in [0.29, 0.717) is 0 Å². The van der Waals surface area contributed by atoms with Gasteiger partial charge in [-0.2, -0.15) is 0 Å². The van der Waals surface area contributed by atoms with Crippen LogP contribution in [0, 0.1) is 0 Å². The lowest BCUT2D eigenvalue weighted by Gasteiger charge is -2.12. The van der Waals surface area contributed by atoms with E-state index in [1.54, 1.807) is 0 Å². The molecule has 0 unspecified atom stereocenters. The Kier molecular flexibility index (Phi) is 6.28. The molecular weight excluding hydrogens is 751 g/mol. The lowest BCUT2D eigenvalue weighted by Crippen LogP contribution is -2.12. The molecule has 0 aliphatic heterocycles. The number of fused-ring (bicyclic) bond motifs is 15. The van der Waals surface area contributed by atoms with Crippen LogP contribution in [0.4, 0.5) is 0 Å². The van der Waals surface area contributed by atoms with Gasteiger partial charge in [0.1, 0.15) is 0 Å². The zero-order chi connectivity index (χ0) is 39.2. The van der Waals surface area contributed by atoms with Crippen LogP contribution >= 0.6 is 11.3 Å². The van der Waals surface area contributed by atoms with E-state index in [-0.39, 0.29) is 5.56 Å². The third kappa shape index (κ3) is 4.16. The number of aromatic nitrogens is 3. The molecule has 0 amide bonds. The Morgan fingerprint density at radius 1 is 0.317 bits per heavy atom. The Morgan fingerprint density at radius 2 is 0.817 bits per heavy atom. The number of hydrogen-bond donors (Lipinski definition) is 0. The molecule has 4 nitrogen and oxygen atoms in total. The summed E-state index contributed by atoms with van der Waals surface area (Å²) in [4.78, 5) is 13.9. The monoisotopic (exact) mass is 781 g/mol. The maximum atomic E-state index is 13.9. The third-order valence-corrected chi connectivity index (χ3v) is 14.1. The van der Waals surface area contributed by atoms with Gasteiger partial charge in [0.25, 0.3) is 5.56 Å². The molecule has 0 bridgehead atoms. The zero-order valence-electron chi connectivity index (χ0n) is 32.1. The molecule has 0 saturated heterocycles.